The summed E-state index contributed by atoms with van der Waals surface area (Å²) < 4.78 is 5.87. The molecule has 3 rings (SSSR count). The minimum Gasteiger partial charge on any atom is -0.373 e. The van der Waals surface area contributed by atoms with E-state index in [0.717, 1.165) is 26.2 Å². The first kappa shape index (κ1) is 20.1. The van der Waals surface area contributed by atoms with E-state index in [9.17, 15) is 4.79 Å². The molecule has 0 bridgehead atoms. The number of morpholine rings is 1. The third-order valence-corrected chi connectivity index (χ3v) is 6.36. The molecule has 0 spiro atoms. The molecule has 26 heavy (non-hydrogen) atoms. The Balaban J connectivity index is 1.56. The van der Waals surface area contributed by atoms with Gasteiger partial charge in [0.1, 0.15) is 0 Å². The predicted octanol–water partition coefficient (Wildman–Crippen LogP) is 2.74. The molecule has 150 valence electrons. The normalized spacial score (nSPS) is 31.8. The van der Waals surface area contributed by atoms with Gasteiger partial charge in [-0.1, -0.05) is 12.8 Å². The van der Waals surface area contributed by atoms with E-state index in [0.29, 0.717) is 42.8 Å². The topological polar surface area (TPSA) is 36.0 Å². The summed E-state index contributed by atoms with van der Waals surface area (Å²) >= 11 is 0. The van der Waals surface area contributed by atoms with E-state index < -0.39 is 0 Å². The quantitative estimate of drug-likeness (QED) is 0.725. The molecule has 2 heterocycles. The highest BCUT2D eigenvalue weighted by molar-refractivity contribution is 5.79. The Hall–Kier alpha value is -0.650. The van der Waals surface area contributed by atoms with Crippen LogP contribution in [0.15, 0.2) is 0 Å². The smallest absolute Gasteiger partial charge is 0.237 e. The van der Waals surface area contributed by atoms with Crippen molar-refractivity contribution in [3.63, 3.8) is 0 Å². The number of hydrogen-bond donors (Lipinski definition) is 0. The van der Waals surface area contributed by atoms with Crippen LogP contribution >= 0.6 is 0 Å². The van der Waals surface area contributed by atoms with Gasteiger partial charge in [0.15, 0.2) is 0 Å². The second-order valence-corrected chi connectivity index (χ2v) is 9.08. The van der Waals surface area contributed by atoms with Crippen molar-refractivity contribution in [3.8, 4) is 0 Å². The van der Waals surface area contributed by atoms with Crippen molar-refractivity contribution < 1.29 is 9.53 Å². The van der Waals surface area contributed by atoms with Crippen LogP contribution in [0.3, 0.4) is 0 Å². The molecule has 3 atom stereocenters. The van der Waals surface area contributed by atoms with Crippen molar-refractivity contribution >= 4 is 5.91 Å². The minimum absolute atomic E-state index is 0.313. The number of likely N-dealkylation sites (tertiary alicyclic amines) is 1. The van der Waals surface area contributed by atoms with Crippen molar-refractivity contribution in [1.82, 2.24) is 14.7 Å². The van der Waals surface area contributed by atoms with Crippen LogP contribution in [0.1, 0.15) is 66.2 Å². The zero-order valence-electron chi connectivity index (χ0n) is 17.3. The van der Waals surface area contributed by atoms with Crippen molar-refractivity contribution in [3.05, 3.63) is 0 Å². The lowest BCUT2D eigenvalue weighted by Crippen LogP contribution is -2.52. The molecule has 5 nitrogen and oxygen atoms in total. The van der Waals surface area contributed by atoms with E-state index in [2.05, 4.69) is 42.4 Å². The molecule has 1 amide bonds. The van der Waals surface area contributed by atoms with E-state index in [1.807, 2.05) is 0 Å². The fraction of sp³-hybridized carbons (Fsp3) is 0.952. The van der Waals surface area contributed by atoms with Crippen LogP contribution in [0.4, 0.5) is 0 Å². The van der Waals surface area contributed by atoms with Crippen molar-refractivity contribution in [2.45, 2.75) is 96.6 Å². The lowest BCUT2D eigenvalue weighted by atomic mass is 10.1. The zero-order chi connectivity index (χ0) is 18.7. The summed E-state index contributed by atoms with van der Waals surface area (Å²) in [5.41, 5.74) is 0. The highest BCUT2D eigenvalue weighted by Gasteiger charge is 2.34. The summed E-state index contributed by atoms with van der Waals surface area (Å²) in [4.78, 5) is 20.3. The molecule has 3 aliphatic rings. The third-order valence-electron chi connectivity index (χ3n) is 6.36. The van der Waals surface area contributed by atoms with Gasteiger partial charge in [-0.2, -0.15) is 0 Å². The van der Waals surface area contributed by atoms with Crippen LogP contribution in [0, 0.1) is 0 Å². The van der Waals surface area contributed by atoms with Crippen LogP contribution in [-0.4, -0.2) is 83.7 Å². The molecule has 0 radical (unpaired) electrons. The number of carbonyl (C=O) groups excluding carboxylic acids is 1. The molecule has 2 aliphatic heterocycles. The Morgan fingerprint density at radius 3 is 2.35 bits per heavy atom. The standard InChI is InChI=1S/C21H39N3O2/c1-16(2)24(19-8-5-6-9-19)21(25)15-23-11-7-10-20(23)14-22-12-17(3)26-18(4)13-22/h16-20H,5-15H2,1-4H3. The molecular weight excluding hydrogens is 326 g/mol. The Morgan fingerprint density at radius 2 is 1.73 bits per heavy atom. The number of nitrogens with zero attached hydrogens (tertiary/aromatic N) is 3. The second-order valence-electron chi connectivity index (χ2n) is 9.08. The number of carbonyl (C=O) groups is 1. The predicted molar refractivity (Wildman–Crippen MR) is 105 cm³/mol. The molecule has 0 N–H and O–H groups in total. The first-order valence-electron chi connectivity index (χ1n) is 10.9. The summed E-state index contributed by atoms with van der Waals surface area (Å²) in [6.07, 6.45) is 8.01. The highest BCUT2D eigenvalue weighted by atomic mass is 16.5. The number of rotatable bonds is 6. The number of amides is 1. The number of hydrogen-bond acceptors (Lipinski definition) is 4. The summed E-state index contributed by atoms with van der Waals surface area (Å²) in [7, 11) is 0. The van der Waals surface area contributed by atoms with Crippen molar-refractivity contribution in [2.75, 3.05) is 32.7 Å². The molecule has 3 fully saturated rings. The molecule has 0 aromatic rings. The van der Waals surface area contributed by atoms with E-state index in [-0.39, 0.29) is 0 Å². The van der Waals surface area contributed by atoms with Gasteiger partial charge < -0.3 is 9.64 Å². The highest BCUT2D eigenvalue weighted by Crippen LogP contribution is 2.26. The first-order valence-corrected chi connectivity index (χ1v) is 10.9. The van der Waals surface area contributed by atoms with E-state index in [1.54, 1.807) is 0 Å². The van der Waals surface area contributed by atoms with Gasteiger partial charge in [0.05, 0.1) is 18.8 Å². The van der Waals surface area contributed by atoms with E-state index >= 15 is 0 Å². The lowest BCUT2D eigenvalue weighted by molar-refractivity contribution is -0.137. The Kier molecular flexibility index (Phi) is 6.98. The summed E-state index contributed by atoms with van der Waals surface area (Å²) in [6, 6.07) is 1.31. The molecule has 2 saturated heterocycles. The van der Waals surface area contributed by atoms with Crippen LogP contribution in [0.25, 0.3) is 0 Å². The van der Waals surface area contributed by atoms with Gasteiger partial charge in [0, 0.05) is 37.8 Å². The van der Waals surface area contributed by atoms with Gasteiger partial charge in [0.25, 0.3) is 0 Å². The Morgan fingerprint density at radius 1 is 1.08 bits per heavy atom. The molecule has 3 unspecified atom stereocenters. The average molecular weight is 366 g/mol. The molecule has 1 saturated carbocycles. The van der Waals surface area contributed by atoms with Gasteiger partial charge in [-0.3, -0.25) is 14.6 Å². The average Bonchev–Trinajstić information content (AvgIpc) is 3.19. The SMILES string of the molecule is CC1CN(CC2CCCN2CC(=O)N(C(C)C)C2CCCC2)CC(C)O1. The van der Waals surface area contributed by atoms with Gasteiger partial charge >= 0.3 is 0 Å². The molecule has 5 heteroatoms. The summed E-state index contributed by atoms with van der Waals surface area (Å²) in [6.45, 7) is 13.5. The van der Waals surface area contributed by atoms with Gasteiger partial charge in [-0.05, 0) is 59.9 Å². The Bertz CT molecular complexity index is 454. The second kappa shape index (κ2) is 9.03. The largest absolute Gasteiger partial charge is 0.373 e. The van der Waals surface area contributed by atoms with Crippen LogP contribution < -0.4 is 0 Å². The summed E-state index contributed by atoms with van der Waals surface area (Å²) in [5, 5.41) is 0. The maximum Gasteiger partial charge on any atom is 0.237 e. The molecule has 0 aromatic heterocycles. The van der Waals surface area contributed by atoms with E-state index in [1.165, 1.54) is 38.5 Å². The van der Waals surface area contributed by atoms with Crippen LogP contribution in [-0.2, 0) is 9.53 Å². The van der Waals surface area contributed by atoms with Crippen LogP contribution in [0.2, 0.25) is 0 Å². The lowest BCUT2D eigenvalue weighted by Gasteiger charge is -2.39. The first-order chi connectivity index (χ1) is 12.4. The maximum atomic E-state index is 13.1. The van der Waals surface area contributed by atoms with E-state index in [4.69, 9.17) is 4.74 Å². The van der Waals surface area contributed by atoms with Crippen molar-refractivity contribution in [2.24, 2.45) is 0 Å². The van der Waals surface area contributed by atoms with Crippen molar-refractivity contribution in [1.29, 1.82) is 0 Å². The number of ether oxygens (including phenoxy) is 1. The molecule has 1 aliphatic carbocycles. The Labute approximate surface area is 160 Å². The molecular formula is C21H39N3O2. The third kappa shape index (κ3) is 4.99. The van der Waals surface area contributed by atoms with Crippen LogP contribution in [0.5, 0.6) is 0 Å². The monoisotopic (exact) mass is 365 g/mol. The summed E-state index contributed by atoms with van der Waals surface area (Å²) in [5.74, 6) is 0.350. The fourth-order valence-corrected chi connectivity index (χ4v) is 5.39. The zero-order valence-corrected chi connectivity index (χ0v) is 17.3. The minimum atomic E-state index is 0.313. The van der Waals surface area contributed by atoms with Gasteiger partial charge in [0.2, 0.25) is 5.91 Å². The van der Waals surface area contributed by atoms with Gasteiger partial charge in [-0.25, -0.2) is 0 Å². The maximum absolute atomic E-state index is 13.1. The van der Waals surface area contributed by atoms with Gasteiger partial charge in [-0.15, -0.1) is 0 Å². The molecule has 0 aromatic carbocycles. The fourth-order valence-electron chi connectivity index (χ4n) is 5.39.